The van der Waals surface area contributed by atoms with Crippen molar-refractivity contribution in [3.63, 3.8) is 0 Å². The average molecular weight is 441 g/mol. The number of aliphatic hydroxyl groups is 1. The van der Waals surface area contributed by atoms with Crippen LogP contribution < -0.4 is 0 Å². The molecule has 0 aliphatic carbocycles. The molecule has 1 fully saturated rings. The van der Waals surface area contributed by atoms with Gasteiger partial charge < -0.3 is 14.6 Å². The predicted octanol–water partition coefficient (Wildman–Crippen LogP) is 6.01. The minimum Gasteiger partial charge on any atom is -0.455 e. The molecule has 0 aromatic heterocycles. The van der Waals surface area contributed by atoms with Crippen LogP contribution in [0.15, 0.2) is 72.4 Å². The molecule has 0 unspecified atom stereocenters. The molecule has 1 N–H and O–H groups in total. The van der Waals surface area contributed by atoms with Gasteiger partial charge in [-0.1, -0.05) is 74.1 Å². The zero-order chi connectivity index (χ0) is 23.3. The smallest absolute Gasteiger partial charge is 0.331 e. The highest BCUT2D eigenvalue weighted by Crippen LogP contribution is 2.28. The first-order valence-electron chi connectivity index (χ1n) is 11.9. The summed E-state index contributed by atoms with van der Waals surface area (Å²) in [5.41, 5.74) is 1.18. The molecule has 0 radical (unpaired) electrons. The van der Waals surface area contributed by atoms with Gasteiger partial charge in [0.2, 0.25) is 0 Å². The lowest BCUT2D eigenvalue weighted by Gasteiger charge is -2.36. The van der Waals surface area contributed by atoms with Gasteiger partial charge in [0, 0.05) is 24.8 Å². The minimum atomic E-state index is -0.310. The Hall–Kier alpha value is -2.17. The third-order valence-corrected chi connectivity index (χ3v) is 6.07. The van der Waals surface area contributed by atoms with Crippen molar-refractivity contribution in [3.8, 4) is 0 Å². The number of hydrogen-bond donors (Lipinski definition) is 1. The molecular formula is C28H40O4. The van der Waals surface area contributed by atoms with E-state index in [1.807, 2.05) is 44.2 Å². The molecule has 176 valence electrons. The summed E-state index contributed by atoms with van der Waals surface area (Å²) in [6.07, 6.45) is 26.0. The predicted molar refractivity (Wildman–Crippen MR) is 131 cm³/mol. The van der Waals surface area contributed by atoms with E-state index < -0.39 is 0 Å². The first-order valence-corrected chi connectivity index (χ1v) is 11.9. The number of hydrogen-bond acceptors (Lipinski definition) is 4. The monoisotopic (exact) mass is 440 g/mol. The third kappa shape index (κ3) is 9.13. The first kappa shape index (κ1) is 26.1. The summed E-state index contributed by atoms with van der Waals surface area (Å²) < 4.78 is 11.4. The molecule has 0 bridgehead atoms. The molecular weight excluding hydrogens is 400 g/mol. The minimum absolute atomic E-state index is 0.00582. The maximum Gasteiger partial charge on any atom is 0.331 e. The topological polar surface area (TPSA) is 55.8 Å². The maximum absolute atomic E-state index is 11.3. The Bertz CT molecular complexity index is 755. The van der Waals surface area contributed by atoms with Crippen molar-refractivity contribution in [2.45, 2.75) is 84.2 Å². The van der Waals surface area contributed by atoms with Crippen molar-refractivity contribution >= 4 is 5.97 Å². The number of carbonyl (C=O) groups excluding carboxylic acids is 1. The van der Waals surface area contributed by atoms with Crippen molar-refractivity contribution in [1.82, 2.24) is 0 Å². The van der Waals surface area contributed by atoms with Crippen LogP contribution in [-0.4, -0.2) is 35.5 Å². The second kappa shape index (κ2) is 14.1. The van der Waals surface area contributed by atoms with E-state index in [4.69, 9.17) is 9.47 Å². The van der Waals surface area contributed by atoms with E-state index in [1.165, 1.54) is 11.6 Å². The number of allylic oxidation sites excluding steroid dienone is 7. The van der Waals surface area contributed by atoms with Crippen molar-refractivity contribution in [2.24, 2.45) is 11.8 Å². The van der Waals surface area contributed by atoms with Gasteiger partial charge >= 0.3 is 5.97 Å². The Balaban J connectivity index is 1.76. The third-order valence-electron chi connectivity index (χ3n) is 6.07. The summed E-state index contributed by atoms with van der Waals surface area (Å²) in [4.78, 5) is 11.3. The SMILES string of the molecule is C/C=C/[C@@H]1O[C@H](C/C=C/C=C/C[C@H](/C=C(C)\C=C\[C@H]2CC=CC(=O)O2)CC)C[C@@H](O)[C@@H]1C. The highest BCUT2D eigenvalue weighted by Gasteiger charge is 2.32. The molecule has 0 spiro atoms. The number of ether oxygens (including phenoxy) is 2. The summed E-state index contributed by atoms with van der Waals surface area (Å²) >= 11 is 0. The highest BCUT2D eigenvalue weighted by molar-refractivity contribution is 5.82. The molecule has 1 saturated heterocycles. The van der Waals surface area contributed by atoms with Crippen LogP contribution in [0.3, 0.4) is 0 Å². The Kier molecular flexibility index (Phi) is 11.5. The number of cyclic esters (lactones) is 1. The largest absolute Gasteiger partial charge is 0.455 e. The van der Waals surface area contributed by atoms with Crippen LogP contribution in [0.1, 0.15) is 59.8 Å². The fourth-order valence-corrected chi connectivity index (χ4v) is 4.00. The Morgan fingerprint density at radius 3 is 2.78 bits per heavy atom. The summed E-state index contributed by atoms with van der Waals surface area (Å²) in [5.74, 6) is 0.340. The first-order chi connectivity index (χ1) is 15.4. The van der Waals surface area contributed by atoms with Crippen LogP contribution >= 0.6 is 0 Å². The van der Waals surface area contributed by atoms with Gasteiger partial charge in [-0.05, 0) is 45.1 Å². The van der Waals surface area contributed by atoms with Gasteiger partial charge in [0.25, 0.3) is 0 Å². The molecule has 0 aromatic carbocycles. The standard InChI is InChI=1S/C28H40O4/c1-5-12-27-22(4)26(29)20-25(31-27)14-10-8-7-9-13-23(6-2)19-21(3)17-18-24-15-11-16-28(30)32-24/h5,7-12,16-19,22-27,29H,6,13-15,20H2,1-4H3/b9-7+,10-8+,12-5+,18-17+,21-19-/t22-,23+,24+,25+,26+,27-/m0/s1. The second-order valence-electron chi connectivity index (χ2n) is 8.79. The summed E-state index contributed by atoms with van der Waals surface area (Å²) in [6, 6.07) is 0. The normalized spacial score (nSPS) is 30.7. The lowest BCUT2D eigenvalue weighted by Crippen LogP contribution is -2.41. The zero-order valence-corrected chi connectivity index (χ0v) is 20.0. The van der Waals surface area contributed by atoms with Crippen LogP contribution in [0.4, 0.5) is 0 Å². The average Bonchev–Trinajstić information content (AvgIpc) is 2.77. The van der Waals surface area contributed by atoms with Crippen molar-refractivity contribution in [3.05, 3.63) is 72.4 Å². The number of esters is 1. The molecule has 6 atom stereocenters. The fraction of sp³-hybridized carbons (Fsp3) is 0.536. The van der Waals surface area contributed by atoms with Crippen molar-refractivity contribution in [1.29, 1.82) is 0 Å². The van der Waals surface area contributed by atoms with Crippen molar-refractivity contribution < 1.29 is 19.4 Å². The fourth-order valence-electron chi connectivity index (χ4n) is 4.00. The lowest BCUT2D eigenvalue weighted by molar-refractivity contribution is -0.141. The van der Waals surface area contributed by atoms with Gasteiger partial charge in [0.1, 0.15) is 6.10 Å². The van der Waals surface area contributed by atoms with Crippen molar-refractivity contribution in [2.75, 3.05) is 0 Å². The van der Waals surface area contributed by atoms with Gasteiger partial charge in [-0.25, -0.2) is 4.79 Å². The molecule has 2 rings (SSSR count). The summed E-state index contributed by atoms with van der Waals surface area (Å²) in [6.45, 7) is 8.31. The van der Waals surface area contributed by atoms with E-state index in [2.05, 4.69) is 44.2 Å². The molecule has 2 heterocycles. The molecule has 2 aliphatic heterocycles. The molecule has 32 heavy (non-hydrogen) atoms. The van der Waals surface area contributed by atoms with Gasteiger partial charge in [-0.15, -0.1) is 0 Å². The maximum atomic E-state index is 11.3. The molecule has 4 heteroatoms. The van der Waals surface area contributed by atoms with E-state index in [9.17, 15) is 9.90 Å². The van der Waals surface area contributed by atoms with Gasteiger partial charge in [-0.2, -0.15) is 0 Å². The Labute approximate surface area is 194 Å². The molecule has 2 aliphatic rings. The van der Waals surface area contributed by atoms with Crippen LogP contribution in [0.5, 0.6) is 0 Å². The summed E-state index contributed by atoms with van der Waals surface area (Å²) in [5, 5.41) is 10.3. The molecule has 0 amide bonds. The number of rotatable bonds is 10. The zero-order valence-electron chi connectivity index (χ0n) is 20.0. The molecule has 0 saturated carbocycles. The van der Waals surface area contributed by atoms with Gasteiger partial charge in [0.05, 0.1) is 18.3 Å². The van der Waals surface area contributed by atoms with Crippen LogP contribution in [0.2, 0.25) is 0 Å². The van der Waals surface area contributed by atoms with Crippen LogP contribution in [0.25, 0.3) is 0 Å². The van der Waals surface area contributed by atoms with E-state index in [-0.39, 0.29) is 36.3 Å². The molecule has 4 nitrogen and oxygen atoms in total. The Morgan fingerprint density at radius 2 is 2.06 bits per heavy atom. The molecule has 0 aromatic rings. The van der Waals surface area contributed by atoms with Crippen LogP contribution in [-0.2, 0) is 14.3 Å². The van der Waals surface area contributed by atoms with E-state index >= 15 is 0 Å². The van der Waals surface area contributed by atoms with Gasteiger partial charge in [-0.3, -0.25) is 0 Å². The summed E-state index contributed by atoms with van der Waals surface area (Å²) in [7, 11) is 0. The number of aliphatic hydroxyl groups excluding tert-OH is 1. The number of carbonyl (C=O) groups is 1. The van der Waals surface area contributed by atoms with E-state index in [0.717, 1.165) is 25.7 Å². The van der Waals surface area contributed by atoms with E-state index in [1.54, 1.807) is 0 Å². The second-order valence-corrected chi connectivity index (χ2v) is 8.79. The quantitative estimate of drug-likeness (QED) is 0.257. The van der Waals surface area contributed by atoms with Gasteiger partial charge in [0.15, 0.2) is 0 Å². The lowest BCUT2D eigenvalue weighted by atomic mass is 9.89. The highest BCUT2D eigenvalue weighted by atomic mass is 16.5. The van der Waals surface area contributed by atoms with E-state index in [0.29, 0.717) is 12.3 Å². The van der Waals surface area contributed by atoms with Crippen LogP contribution in [0, 0.1) is 11.8 Å². The Morgan fingerprint density at radius 1 is 1.28 bits per heavy atom.